The molecule has 1 unspecified atom stereocenters. The fourth-order valence-electron chi connectivity index (χ4n) is 1.47. The SMILES string of the molecule is CCCCC(=O)C(F)C(=O)c1cc(F)cc(F)c1. The molecule has 1 aromatic rings. The van der Waals surface area contributed by atoms with Gasteiger partial charge in [-0.3, -0.25) is 9.59 Å². The molecule has 0 saturated heterocycles. The lowest BCUT2D eigenvalue weighted by atomic mass is 10.0. The Labute approximate surface area is 103 Å². The molecule has 0 radical (unpaired) electrons. The van der Waals surface area contributed by atoms with Gasteiger partial charge in [0.2, 0.25) is 12.0 Å². The van der Waals surface area contributed by atoms with E-state index in [-0.39, 0.29) is 6.42 Å². The highest BCUT2D eigenvalue weighted by atomic mass is 19.1. The Morgan fingerprint density at radius 2 is 1.72 bits per heavy atom. The average Bonchev–Trinajstić information content (AvgIpc) is 2.32. The summed E-state index contributed by atoms with van der Waals surface area (Å²) in [6.07, 6.45) is -1.23. The minimum atomic E-state index is -2.35. The number of halogens is 3. The predicted octanol–water partition coefficient (Wildman–Crippen LogP) is 3.24. The van der Waals surface area contributed by atoms with E-state index >= 15 is 0 Å². The first-order chi connectivity index (χ1) is 8.45. The summed E-state index contributed by atoms with van der Waals surface area (Å²) in [7, 11) is 0. The second-order valence-electron chi connectivity index (χ2n) is 3.95. The summed E-state index contributed by atoms with van der Waals surface area (Å²) in [5, 5.41) is 0. The van der Waals surface area contributed by atoms with E-state index < -0.39 is 34.9 Å². The third-order valence-electron chi connectivity index (χ3n) is 2.44. The lowest BCUT2D eigenvalue weighted by Crippen LogP contribution is -2.26. The zero-order chi connectivity index (χ0) is 13.7. The summed E-state index contributed by atoms with van der Waals surface area (Å²) in [5.74, 6) is -4.01. The summed E-state index contributed by atoms with van der Waals surface area (Å²) in [5.41, 5.74) is -0.468. The number of rotatable bonds is 6. The maximum Gasteiger partial charge on any atom is 0.220 e. The Morgan fingerprint density at radius 1 is 1.17 bits per heavy atom. The molecular formula is C13H13F3O2. The number of Topliss-reactive ketones (excluding diaryl/α,β-unsaturated/α-hetero) is 2. The summed E-state index contributed by atoms with van der Waals surface area (Å²) < 4.78 is 39.2. The molecule has 1 atom stereocenters. The van der Waals surface area contributed by atoms with Crippen molar-refractivity contribution in [2.24, 2.45) is 0 Å². The van der Waals surface area contributed by atoms with Crippen LogP contribution in [0.25, 0.3) is 0 Å². The molecule has 0 aliphatic carbocycles. The smallest absolute Gasteiger partial charge is 0.220 e. The number of ketones is 2. The number of unbranched alkanes of at least 4 members (excludes halogenated alkanes) is 1. The average molecular weight is 258 g/mol. The fourth-order valence-corrected chi connectivity index (χ4v) is 1.47. The zero-order valence-corrected chi connectivity index (χ0v) is 9.88. The predicted molar refractivity (Wildman–Crippen MR) is 60.1 cm³/mol. The van der Waals surface area contributed by atoms with Crippen LogP contribution in [0.1, 0.15) is 36.5 Å². The quantitative estimate of drug-likeness (QED) is 0.579. The summed E-state index contributed by atoms with van der Waals surface area (Å²) in [4.78, 5) is 22.8. The molecule has 2 nitrogen and oxygen atoms in total. The van der Waals surface area contributed by atoms with Gasteiger partial charge in [-0.05, 0) is 18.6 Å². The van der Waals surface area contributed by atoms with Crippen molar-refractivity contribution in [2.75, 3.05) is 0 Å². The molecule has 0 saturated carbocycles. The van der Waals surface area contributed by atoms with Crippen molar-refractivity contribution in [3.8, 4) is 0 Å². The largest absolute Gasteiger partial charge is 0.296 e. The van der Waals surface area contributed by atoms with Crippen LogP contribution in [-0.2, 0) is 4.79 Å². The molecular weight excluding hydrogens is 245 g/mol. The number of hydrogen-bond donors (Lipinski definition) is 0. The summed E-state index contributed by atoms with van der Waals surface area (Å²) >= 11 is 0. The molecule has 0 aliphatic rings. The van der Waals surface area contributed by atoms with Crippen LogP contribution in [-0.4, -0.2) is 17.7 Å². The van der Waals surface area contributed by atoms with Gasteiger partial charge in [-0.2, -0.15) is 0 Å². The zero-order valence-electron chi connectivity index (χ0n) is 9.88. The van der Waals surface area contributed by atoms with Gasteiger partial charge in [-0.25, -0.2) is 13.2 Å². The highest BCUT2D eigenvalue weighted by Crippen LogP contribution is 2.14. The molecule has 5 heteroatoms. The number of alkyl halides is 1. The van der Waals surface area contributed by atoms with Crippen molar-refractivity contribution >= 4 is 11.6 Å². The van der Waals surface area contributed by atoms with Gasteiger partial charge in [-0.1, -0.05) is 13.3 Å². The number of carbonyl (C=O) groups is 2. The fraction of sp³-hybridized carbons (Fsp3) is 0.385. The molecule has 1 rings (SSSR count). The number of benzene rings is 1. The van der Waals surface area contributed by atoms with Gasteiger partial charge in [0, 0.05) is 18.1 Å². The van der Waals surface area contributed by atoms with E-state index in [9.17, 15) is 22.8 Å². The molecule has 0 heterocycles. The highest BCUT2D eigenvalue weighted by Gasteiger charge is 2.27. The van der Waals surface area contributed by atoms with E-state index in [1.165, 1.54) is 0 Å². The second-order valence-corrected chi connectivity index (χ2v) is 3.95. The molecule has 0 aromatic heterocycles. The summed E-state index contributed by atoms with van der Waals surface area (Å²) in [6.45, 7) is 1.82. The van der Waals surface area contributed by atoms with Crippen molar-refractivity contribution < 1.29 is 22.8 Å². The van der Waals surface area contributed by atoms with Crippen molar-refractivity contribution in [3.63, 3.8) is 0 Å². The van der Waals surface area contributed by atoms with Crippen LogP contribution in [0, 0.1) is 11.6 Å². The molecule has 1 aromatic carbocycles. The first-order valence-electron chi connectivity index (χ1n) is 5.62. The number of hydrogen-bond acceptors (Lipinski definition) is 2. The number of carbonyl (C=O) groups excluding carboxylic acids is 2. The van der Waals surface area contributed by atoms with E-state index in [1.807, 2.05) is 6.92 Å². The van der Waals surface area contributed by atoms with E-state index in [4.69, 9.17) is 0 Å². The normalized spacial score (nSPS) is 12.2. The van der Waals surface area contributed by atoms with Gasteiger partial charge in [0.05, 0.1) is 0 Å². The molecule has 0 spiro atoms. The third-order valence-corrected chi connectivity index (χ3v) is 2.44. The maximum absolute atomic E-state index is 13.5. The summed E-state index contributed by atoms with van der Waals surface area (Å²) in [6, 6.07) is 2.00. The van der Waals surface area contributed by atoms with E-state index in [2.05, 4.69) is 0 Å². The maximum atomic E-state index is 13.5. The van der Waals surface area contributed by atoms with Crippen molar-refractivity contribution in [3.05, 3.63) is 35.4 Å². The topological polar surface area (TPSA) is 34.1 Å². The van der Waals surface area contributed by atoms with Gasteiger partial charge in [0.1, 0.15) is 11.6 Å². The monoisotopic (exact) mass is 258 g/mol. The Kier molecular flexibility index (Phi) is 5.07. The lowest BCUT2D eigenvalue weighted by molar-refractivity contribution is -0.122. The highest BCUT2D eigenvalue weighted by molar-refractivity contribution is 6.13. The molecule has 0 aliphatic heterocycles. The van der Waals surface area contributed by atoms with Crippen LogP contribution in [0.3, 0.4) is 0 Å². The van der Waals surface area contributed by atoms with Gasteiger partial charge in [-0.15, -0.1) is 0 Å². The van der Waals surface area contributed by atoms with Crippen molar-refractivity contribution in [1.29, 1.82) is 0 Å². The van der Waals surface area contributed by atoms with Crippen LogP contribution in [0.5, 0.6) is 0 Å². The molecule has 0 N–H and O–H groups in total. The van der Waals surface area contributed by atoms with Crippen LogP contribution < -0.4 is 0 Å². The van der Waals surface area contributed by atoms with Crippen molar-refractivity contribution in [2.45, 2.75) is 32.4 Å². The van der Waals surface area contributed by atoms with Crippen LogP contribution in [0.15, 0.2) is 18.2 Å². The van der Waals surface area contributed by atoms with E-state index in [0.29, 0.717) is 31.0 Å². The second kappa shape index (κ2) is 6.33. The minimum absolute atomic E-state index is 0.0544. The Hall–Kier alpha value is -1.65. The first-order valence-corrected chi connectivity index (χ1v) is 5.62. The van der Waals surface area contributed by atoms with Crippen LogP contribution >= 0.6 is 0 Å². The molecule has 98 valence electrons. The minimum Gasteiger partial charge on any atom is -0.296 e. The van der Waals surface area contributed by atoms with E-state index in [0.717, 1.165) is 0 Å². The van der Waals surface area contributed by atoms with Crippen LogP contribution in [0.2, 0.25) is 0 Å². The molecule has 0 amide bonds. The van der Waals surface area contributed by atoms with Gasteiger partial charge < -0.3 is 0 Å². The lowest BCUT2D eigenvalue weighted by Gasteiger charge is -2.06. The standard InChI is InChI=1S/C13H13F3O2/c1-2-3-4-11(17)12(16)13(18)8-5-9(14)7-10(15)6-8/h5-7,12H,2-4H2,1H3. The van der Waals surface area contributed by atoms with E-state index in [1.54, 1.807) is 0 Å². The Balaban J connectivity index is 2.82. The van der Waals surface area contributed by atoms with Gasteiger partial charge in [0.15, 0.2) is 5.78 Å². The molecule has 18 heavy (non-hydrogen) atoms. The first kappa shape index (κ1) is 14.4. The Morgan fingerprint density at radius 3 is 2.22 bits per heavy atom. The molecule has 0 bridgehead atoms. The Bertz CT molecular complexity index is 437. The third kappa shape index (κ3) is 3.68. The van der Waals surface area contributed by atoms with Crippen LogP contribution in [0.4, 0.5) is 13.2 Å². The molecule has 0 fully saturated rings. The van der Waals surface area contributed by atoms with Crippen molar-refractivity contribution in [1.82, 2.24) is 0 Å². The van der Waals surface area contributed by atoms with Gasteiger partial charge >= 0.3 is 0 Å². The van der Waals surface area contributed by atoms with Gasteiger partial charge in [0.25, 0.3) is 0 Å².